The predicted molar refractivity (Wildman–Crippen MR) is 85.5 cm³/mol. The van der Waals surface area contributed by atoms with Crippen LogP contribution in [0.2, 0.25) is 0 Å². The van der Waals surface area contributed by atoms with Crippen LogP contribution in [0.1, 0.15) is 5.69 Å². The fraction of sp³-hybridized carbons (Fsp3) is 0. The average molecular weight is 290 g/mol. The van der Waals surface area contributed by atoms with Crippen LogP contribution in [0.15, 0.2) is 73.5 Å². The van der Waals surface area contributed by atoms with E-state index >= 15 is 0 Å². The predicted octanol–water partition coefficient (Wildman–Crippen LogP) is 2.92. The van der Waals surface area contributed by atoms with Crippen molar-refractivity contribution in [3.05, 3.63) is 79.2 Å². The quantitative estimate of drug-likeness (QED) is 0.752. The molecule has 3 rings (SSSR count). The van der Waals surface area contributed by atoms with Crippen LogP contribution in [-0.4, -0.2) is 20.4 Å². The molecule has 1 amide bonds. The molecule has 0 aliphatic carbocycles. The van der Waals surface area contributed by atoms with Crippen molar-refractivity contribution in [3.8, 4) is 5.69 Å². The Hall–Kier alpha value is -3.21. The van der Waals surface area contributed by atoms with Crippen molar-refractivity contribution >= 4 is 17.7 Å². The number of carbonyl (C=O) groups is 1. The van der Waals surface area contributed by atoms with E-state index in [1.807, 2.05) is 53.2 Å². The number of imidazole rings is 1. The SMILES string of the molecule is O=C(C=Cc1ccccn1)Nc1ccc(-n2ccnc2)cc1. The summed E-state index contributed by atoms with van der Waals surface area (Å²) in [5, 5.41) is 2.81. The monoisotopic (exact) mass is 290 g/mol. The third-order valence-electron chi connectivity index (χ3n) is 3.03. The molecule has 0 spiro atoms. The van der Waals surface area contributed by atoms with Crippen LogP contribution in [0.5, 0.6) is 0 Å². The molecular weight excluding hydrogens is 276 g/mol. The first-order valence-corrected chi connectivity index (χ1v) is 6.80. The lowest BCUT2D eigenvalue weighted by molar-refractivity contribution is -0.111. The first-order valence-electron chi connectivity index (χ1n) is 6.80. The fourth-order valence-electron chi connectivity index (χ4n) is 1.95. The minimum Gasteiger partial charge on any atom is -0.323 e. The van der Waals surface area contributed by atoms with Crippen LogP contribution >= 0.6 is 0 Å². The van der Waals surface area contributed by atoms with Crippen molar-refractivity contribution in [1.82, 2.24) is 14.5 Å². The molecule has 0 aliphatic heterocycles. The lowest BCUT2D eigenvalue weighted by Crippen LogP contribution is -2.07. The molecule has 2 heterocycles. The Balaban J connectivity index is 1.63. The standard InChI is InChI=1S/C17H14N4O/c22-17(9-6-14-3-1-2-10-19-14)20-15-4-7-16(8-5-15)21-12-11-18-13-21/h1-13H,(H,20,22). The smallest absolute Gasteiger partial charge is 0.248 e. The van der Waals surface area contributed by atoms with Gasteiger partial charge in [-0.3, -0.25) is 9.78 Å². The van der Waals surface area contributed by atoms with Crippen LogP contribution in [0.3, 0.4) is 0 Å². The summed E-state index contributed by atoms with van der Waals surface area (Å²) >= 11 is 0. The van der Waals surface area contributed by atoms with Crippen LogP contribution in [0, 0.1) is 0 Å². The van der Waals surface area contributed by atoms with Crippen molar-refractivity contribution in [2.75, 3.05) is 5.32 Å². The molecule has 2 aromatic heterocycles. The topological polar surface area (TPSA) is 59.8 Å². The number of amides is 1. The molecule has 108 valence electrons. The number of aromatic nitrogens is 3. The maximum absolute atomic E-state index is 11.9. The summed E-state index contributed by atoms with van der Waals surface area (Å²) in [6.07, 6.45) is 10.1. The second-order valence-corrected chi connectivity index (χ2v) is 4.59. The molecule has 22 heavy (non-hydrogen) atoms. The molecule has 0 fully saturated rings. The van der Waals surface area contributed by atoms with Gasteiger partial charge in [-0.25, -0.2) is 4.98 Å². The van der Waals surface area contributed by atoms with E-state index in [4.69, 9.17) is 0 Å². The van der Waals surface area contributed by atoms with E-state index in [0.717, 1.165) is 17.1 Å². The first kappa shape index (κ1) is 13.8. The molecule has 0 radical (unpaired) electrons. The molecule has 0 saturated heterocycles. The van der Waals surface area contributed by atoms with Crippen molar-refractivity contribution in [3.63, 3.8) is 0 Å². The third kappa shape index (κ3) is 3.46. The largest absolute Gasteiger partial charge is 0.323 e. The Labute approximate surface area is 128 Å². The van der Waals surface area contributed by atoms with Gasteiger partial charge in [-0.05, 0) is 42.5 Å². The highest BCUT2D eigenvalue weighted by molar-refractivity contribution is 6.01. The minimum atomic E-state index is -0.193. The number of hydrogen-bond donors (Lipinski definition) is 1. The Morgan fingerprint density at radius 1 is 1.09 bits per heavy atom. The van der Waals surface area contributed by atoms with Gasteiger partial charge >= 0.3 is 0 Å². The van der Waals surface area contributed by atoms with Gasteiger partial charge in [-0.15, -0.1) is 0 Å². The highest BCUT2D eigenvalue weighted by Gasteiger charge is 1.99. The van der Waals surface area contributed by atoms with Crippen molar-refractivity contribution in [1.29, 1.82) is 0 Å². The van der Waals surface area contributed by atoms with Crippen molar-refractivity contribution in [2.24, 2.45) is 0 Å². The molecule has 5 heteroatoms. The zero-order chi connectivity index (χ0) is 15.2. The number of anilines is 1. The van der Waals surface area contributed by atoms with Crippen LogP contribution in [-0.2, 0) is 4.79 Å². The van der Waals surface area contributed by atoms with Gasteiger partial charge in [0.1, 0.15) is 0 Å². The molecule has 5 nitrogen and oxygen atoms in total. The molecule has 1 aromatic carbocycles. The zero-order valence-corrected chi connectivity index (χ0v) is 11.8. The summed E-state index contributed by atoms with van der Waals surface area (Å²) in [6, 6.07) is 13.1. The first-order chi connectivity index (χ1) is 10.8. The van der Waals surface area contributed by atoms with Gasteiger partial charge in [-0.1, -0.05) is 6.07 Å². The normalized spacial score (nSPS) is 10.7. The van der Waals surface area contributed by atoms with Crippen LogP contribution in [0.25, 0.3) is 11.8 Å². The fourth-order valence-corrected chi connectivity index (χ4v) is 1.95. The summed E-state index contributed by atoms with van der Waals surface area (Å²) in [6.45, 7) is 0. The summed E-state index contributed by atoms with van der Waals surface area (Å²) in [4.78, 5) is 20.0. The third-order valence-corrected chi connectivity index (χ3v) is 3.03. The summed E-state index contributed by atoms with van der Waals surface area (Å²) in [5.41, 5.74) is 2.46. The van der Waals surface area contributed by atoms with Gasteiger partial charge in [0.05, 0.1) is 12.0 Å². The molecule has 0 saturated carbocycles. The van der Waals surface area contributed by atoms with Gasteiger partial charge in [0.25, 0.3) is 0 Å². The Morgan fingerprint density at radius 3 is 2.64 bits per heavy atom. The van der Waals surface area contributed by atoms with E-state index in [1.165, 1.54) is 6.08 Å². The summed E-state index contributed by atoms with van der Waals surface area (Å²) in [7, 11) is 0. The van der Waals surface area contributed by atoms with Crippen molar-refractivity contribution in [2.45, 2.75) is 0 Å². The zero-order valence-electron chi connectivity index (χ0n) is 11.8. The number of nitrogens with zero attached hydrogens (tertiary/aromatic N) is 3. The minimum absolute atomic E-state index is 0.193. The number of benzene rings is 1. The van der Waals surface area contributed by atoms with Crippen molar-refractivity contribution < 1.29 is 4.79 Å². The number of pyridine rings is 1. The van der Waals surface area contributed by atoms with Gasteiger partial charge in [-0.2, -0.15) is 0 Å². The molecule has 3 aromatic rings. The molecule has 0 atom stereocenters. The Bertz CT molecular complexity index is 762. The maximum atomic E-state index is 11.9. The summed E-state index contributed by atoms with van der Waals surface area (Å²) < 4.78 is 1.90. The maximum Gasteiger partial charge on any atom is 0.248 e. The lowest BCUT2D eigenvalue weighted by atomic mass is 10.2. The van der Waals surface area contributed by atoms with Gasteiger partial charge in [0.15, 0.2) is 0 Å². The number of rotatable bonds is 4. The highest BCUT2D eigenvalue weighted by Crippen LogP contribution is 2.13. The van der Waals surface area contributed by atoms with Gasteiger partial charge in [0, 0.05) is 36.0 Å². The van der Waals surface area contributed by atoms with E-state index < -0.39 is 0 Å². The van der Waals surface area contributed by atoms with E-state index in [0.29, 0.717) is 0 Å². The van der Waals surface area contributed by atoms with E-state index in [9.17, 15) is 4.79 Å². The summed E-state index contributed by atoms with van der Waals surface area (Å²) in [5.74, 6) is -0.193. The molecule has 0 bridgehead atoms. The molecule has 1 N–H and O–H groups in total. The van der Waals surface area contributed by atoms with Crippen LogP contribution in [0.4, 0.5) is 5.69 Å². The van der Waals surface area contributed by atoms with Gasteiger partial charge < -0.3 is 9.88 Å². The molecule has 0 aliphatic rings. The number of carbonyl (C=O) groups excluding carboxylic acids is 1. The van der Waals surface area contributed by atoms with Crippen LogP contribution < -0.4 is 5.32 Å². The van der Waals surface area contributed by atoms with E-state index in [1.54, 1.807) is 24.8 Å². The Morgan fingerprint density at radius 2 is 1.95 bits per heavy atom. The average Bonchev–Trinajstić information content (AvgIpc) is 3.09. The molecular formula is C17H14N4O. The Kier molecular flexibility index (Phi) is 4.06. The second-order valence-electron chi connectivity index (χ2n) is 4.59. The second kappa shape index (κ2) is 6.49. The number of nitrogens with one attached hydrogen (secondary N) is 1. The van der Waals surface area contributed by atoms with Gasteiger partial charge in [0.2, 0.25) is 5.91 Å². The molecule has 0 unspecified atom stereocenters. The highest BCUT2D eigenvalue weighted by atomic mass is 16.1. The van der Waals surface area contributed by atoms with E-state index in [-0.39, 0.29) is 5.91 Å². The number of hydrogen-bond acceptors (Lipinski definition) is 3. The lowest BCUT2D eigenvalue weighted by Gasteiger charge is -2.05. The van der Waals surface area contributed by atoms with E-state index in [2.05, 4.69) is 15.3 Å².